The molecule has 0 fully saturated rings. The number of carbonyl (C=O) groups is 3. The minimum Gasteiger partial charge on any atom is -0.481 e. The van der Waals surface area contributed by atoms with Gasteiger partial charge in [-0.3, -0.25) is 14.4 Å². The van der Waals surface area contributed by atoms with E-state index >= 15 is 0 Å². The third-order valence-corrected chi connectivity index (χ3v) is 4.30. The number of rotatable bonds is 7. The van der Waals surface area contributed by atoms with Crippen LogP contribution in [0.1, 0.15) is 36.0 Å². The van der Waals surface area contributed by atoms with Crippen molar-refractivity contribution in [2.24, 2.45) is 0 Å². The Hall–Kier alpha value is -2.02. The number of hydrogen-bond acceptors (Lipinski definition) is 4. The highest BCUT2D eigenvalue weighted by Crippen LogP contribution is 2.31. The third-order valence-electron chi connectivity index (χ3n) is 3.23. The van der Waals surface area contributed by atoms with E-state index in [4.69, 9.17) is 5.11 Å². The summed E-state index contributed by atoms with van der Waals surface area (Å²) in [5.41, 5.74) is 1.18. The molecule has 0 aliphatic carbocycles. The lowest BCUT2D eigenvalue weighted by molar-refractivity contribution is -0.137. The number of benzene rings is 1. The topological polar surface area (TPSA) is 95.5 Å². The van der Waals surface area contributed by atoms with E-state index < -0.39 is 5.97 Å². The number of thioether (sulfide) groups is 1. The van der Waals surface area contributed by atoms with E-state index in [9.17, 15) is 14.4 Å². The average molecular weight is 322 g/mol. The van der Waals surface area contributed by atoms with E-state index in [1.807, 2.05) is 6.07 Å². The van der Waals surface area contributed by atoms with Crippen LogP contribution in [0.25, 0.3) is 0 Å². The summed E-state index contributed by atoms with van der Waals surface area (Å²) in [6.45, 7) is 0.511. The maximum Gasteiger partial charge on any atom is 0.303 e. The van der Waals surface area contributed by atoms with Crippen LogP contribution in [-0.4, -0.2) is 35.2 Å². The lowest BCUT2D eigenvalue weighted by Gasteiger charge is -2.16. The van der Waals surface area contributed by atoms with Crippen molar-refractivity contribution in [1.82, 2.24) is 5.32 Å². The number of anilines is 1. The van der Waals surface area contributed by atoms with Gasteiger partial charge in [-0.1, -0.05) is 6.42 Å². The van der Waals surface area contributed by atoms with E-state index in [1.54, 1.807) is 12.1 Å². The summed E-state index contributed by atoms with van der Waals surface area (Å²) < 4.78 is 0. The van der Waals surface area contributed by atoms with Crippen molar-refractivity contribution in [3.63, 3.8) is 0 Å². The van der Waals surface area contributed by atoms with Gasteiger partial charge in [-0.2, -0.15) is 0 Å². The molecule has 1 aliphatic rings. The van der Waals surface area contributed by atoms with E-state index in [1.165, 1.54) is 11.8 Å². The maximum atomic E-state index is 12.0. The van der Waals surface area contributed by atoms with Crippen molar-refractivity contribution in [2.45, 2.75) is 30.6 Å². The molecule has 7 heteroatoms. The van der Waals surface area contributed by atoms with Crippen molar-refractivity contribution in [3.8, 4) is 0 Å². The summed E-state index contributed by atoms with van der Waals surface area (Å²) in [4.78, 5) is 34.7. The molecule has 0 bridgehead atoms. The highest BCUT2D eigenvalue weighted by molar-refractivity contribution is 8.00. The third kappa shape index (κ3) is 4.77. The Balaban J connectivity index is 1.79. The largest absolute Gasteiger partial charge is 0.481 e. The Labute approximate surface area is 132 Å². The van der Waals surface area contributed by atoms with Crippen molar-refractivity contribution in [1.29, 1.82) is 0 Å². The smallest absolute Gasteiger partial charge is 0.303 e. The molecule has 0 saturated carbocycles. The molecule has 22 heavy (non-hydrogen) atoms. The number of carbonyl (C=O) groups excluding carboxylic acids is 2. The van der Waals surface area contributed by atoms with Gasteiger partial charge in [-0.05, 0) is 31.0 Å². The zero-order chi connectivity index (χ0) is 15.9. The van der Waals surface area contributed by atoms with E-state index in [-0.39, 0.29) is 18.2 Å². The SMILES string of the molecule is O=C(O)CCCCCNC(=O)c1ccc2c(c1)NC(=O)CS2. The lowest BCUT2D eigenvalue weighted by Crippen LogP contribution is -2.25. The van der Waals surface area contributed by atoms with E-state index in [0.29, 0.717) is 30.0 Å². The predicted molar refractivity (Wildman–Crippen MR) is 84.2 cm³/mol. The van der Waals surface area contributed by atoms with Crippen LogP contribution < -0.4 is 10.6 Å². The van der Waals surface area contributed by atoms with E-state index in [0.717, 1.165) is 17.7 Å². The van der Waals surface area contributed by atoms with Gasteiger partial charge in [0, 0.05) is 23.4 Å². The van der Waals surface area contributed by atoms with Crippen LogP contribution in [0.4, 0.5) is 5.69 Å². The number of unbranched alkanes of at least 4 members (excludes halogenated alkanes) is 2. The van der Waals surface area contributed by atoms with Crippen LogP contribution in [0.5, 0.6) is 0 Å². The van der Waals surface area contributed by atoms with Crippen molar-refractivity contribution in [3.05, 3.63) is 23.8 Å². The number of carboxylic acid groups (broad SMARTS) is 1. The molecule has 1 aliphatic heterocycles. The van der Waals surface area contributed by atoms with Gasteiger partial charge in [0.15, 0.2) is 0 Å². The maximum absolute atomic E-state index is 12.0. The van der Waals surface area contributed by atoms with Gasteiger partial charge in [-0.15, -0.1) is 11.8 Å². The number of amides is 2. The number of hydrogen-bond donors (Lipinski definition) is 3. The van der Waals surface area contributed by atoms with Crippen molar-refractivity contribution < 1.29 is 19.5 Å². The second-order valence-electron chi connectivity index (χ2n) is 5.01. The predicted octanol–water partition coefficient (Wildman–Crippen LogP) is 2.11. The molecule has 1 heterocycles. The monoisotopic (exact) mass is 322 g/mol. The minimum atomic E-state index is -0.794. The number of fused-ring (bicyclic) bond motifs is 1. The molecule has 118 valence electrons. The molecule has 1 aromatic rings. The van der Waals surface area contributed by atoms with Crippen LogP contribution in [0.3, 0.4) is 0 Å². The fourth-order valence-corrected chi connectivity index (χ4v) is 2.89. The van der Waals surface area contributed by atoms with Crippen LogP contribution in [0.2, 0.25) is 0 Å². The molecule has 1 aromatic carbocycles. The van der Waals surface area contributed by atoms with Gasteiger partial charge in [0.2, 0.25) is 5.91 Å². The molecule has 0 saturated heterocycles. The Kier molecular flexibility index (Phi) is 5.83. The number of carboxylic acids is 1. The summed E-state index contributed by atoms with van der Waals surface area (Å²) in [5.74, 6) is -0.646. The molecule has 0 spiro atoms. The second kappa shape index (κ2) is 7.84. The molecule has 2 amide bonds. The first kappa shape index (κ1) is 16.4. The fourth-order valence-electron chi connectivity index (χ4n) is 2.11. The minimum absolute atomic E-state index is 0.0616. The molecule has 0 radical (unpaired) electrons. The Morgan fingerprint density at radius 2 is 2.09 bits per heavy atom. The molecular weight excluding hydrogens is 304 g/mol. The first-order chi connectivity index (χ1) is 10.6. The highest BCUT2D eigenvalue weighted by atomic mass is 32.2. The molecule has 0 aromatic heterocycles. The molecule has 3 N–H and O–H groups in total. The first-order valence-corrected chi connectivity index (χ1v) is 8.11. The molecule has 0 atom stereocenters. The standard InChI is InChI=1S/C15H18N2O4S/c18-13-9-22-12-6-5-10(8-11(12)17-13)15(21)16-7-3-1-2-4-14(19)20/h5-6,8H,1-4,7,9H2,(H,16,21)(H,17,18)(H,19,20). The zero-order valence-corrected chi connectivity index (χ0v) is 12.9. The van der Waals surface area contributed by atoms with Crippen molar-refractivity contribution >= 4 is 35.2 Å². The average Bonchev–Trinajstić information content (AvgIpc) is 2.49. The van der Waals surface area contributed by atoms with Crippen LogP contribution >= 0.6 is 11.8 Å². The Morgan fingerprint density at radius 3 is 2.86 bits per heavy atom. The summed E-state index contributed by atoms with van der Waals surface area (Å²) in [6, 6.07) is 5.25. The van der Waals surface area contributed by atoms with Gasteiger partial charge in [0.1, 0.15) is 0 Å². The summed E-state index contributed by atoms with van der Waals surface area (Å²) in [6.07, 6.45) is 2.30. The van der Waals surface area contributed by atoms with Gasteiger partial charge in [0.25, 0.3) is 5.91 Å². The van der Waals surface area contributed by atoms with Crippen molar-refractivity contribution in [2.75, 3.05) is 17.6 Å². The second-order valence-corrected chi connectivity index (χ2v) is 6.03. The summed E-state index contributed by atoms with van der Waals surface area (Å²) in [5, 5.41) is 14.1. The molecule has 6 nitrogen and oxygen atoms in total. The van der Waals surface area contributed by atoms with Gasteiger partial charge < -0.3 is 15.7 Å². The number of nitrogens with one attached hydrogen (secondary N) is 2. The lowest BCUT2D eigenvalue weighted by atomic mass is 10.1. The summed E-state index contributed by atoms with van der Waals surface area (Å²) in [7, 11) is 0. The summed E-state index contributed by atoms with van der Waals surface area (Å²) >= 11 is 1.45. The Bertz CT molecular complexity index is 589. The van der Waals surface area contributed by atoms with Crippen LogP contribution in [0, 0.1) is 0 Å². The molecule has 0 unspecified atom stereocenters. The molecule has 2 rings (SSSR count). The molecular formula is C15H18N2O4S. The van der Waals surface area contributed by atoms with Gasteiger partial charge in [0.05, 0.1) is 11.4 Å². The highest BCUT2D eigenvalue weighted by Gasteiger charge is 2.17. The van der Waals surface area contributed by atoms with Crippen LogP contribution in [0.15, 0.2) is 23.1 Å². The fraction of sp³-hybridized carbons (Fsp3) is 0.400. The zero-order valence-electron chi connectivity index (χ0n) is 12.1. The Morgan fingerprint density at radius 1 is 1.27 bits per heavy atom. The number of aliphatic carboxylic acids is 1. The van der Waals surface area contributed by atoms with Gasteiger partial charge in [-0.25, -0.2) is 0 Å². The van der Waals surface area contributed by atoms with Crippen LogP contribution in [-0.2, 0) is 9.59 Å². The quantitative estimate of drug-likeness (QED) is 0.668. The normalized spacial score (nSPS) is 13.2. The van der Waals surface area contributed by atoms with Gasteiger partial charge >= 0.3 is 5.97 Å². The first-order valence-electron chi connectivity index (χ1n) is 7.13. The van der Waals surface area contributed by atoms with E-state index in [2.05, 4.69) is 10.6 Å².